The van der Waals surface area contributed by atoms with Crippen LogP contribution in [0.2, 0.25) is 0 Å². The van der Waals surface area contributed by atoms with Crippen molar-refractivity contribution >= 4 is 22.6 Å². The largest absolute Gasteiger partial charge is 0.497 e. The van der Waals surface area contributed by atoms with Gasteiger partial charge in [-0.2, -0.15) is 0 Å². The number of aryl methyl sites for hydroxylation is 1. The summed E-state index contributed by atoms with van der Waals surface area (Å²) in [6.07, 6.45) is 0. The van der Waals surface area contributed by atoms with Gasteiger partial charge in [0.2, 0.25) is 0 Å². The lowest BCUT2D eigenvalue weighted by molar-refractivity contribution is 0.395. The molecule has 0 saturated heterocycles. The maximum Gasteiger partial charge on any atom is 0.124 e. The van der Waals surface area contributed by atoms with Gasteiger partial charge in [0.05, 0.1) is 20.3 Å². The second-order valence-corrected chi connectivity index (χ2v) is 5.89. The molecule has 1 N–H and O–H groups in total. The molecule has 0 radical (unpaired) electrons. The van der Waals surface area contributed by atoms with Crippen molar-refractivity contribution in [3.05, 3.63) is 56.7 Å². The summed E-state index contributed by atoms with van der Waals surface area (Å²) in [5, 5.41) is 3.39. The van der Waals surface area contributed by atoms with Gasteiger partial charge in [-0.15, -0.1) is 0 Å². The maximum atomic E-state index is 5.52. The van der Waals surface area contributed by atoms with E-state index in [0.717, 1.165) is 17.1 Å². The highest BCUT2D eigenvalue weighted by molar-refractivity contribution is 14.1. The van der Waals surface area contributed by atoms with Crippen molar-refractivity contribution in [1.29, 1.82) is 0 Å². The molecule has 0 aliphatic rings. The molecule has 0 aromatic heterocycles. The first-order valence-electron chi connectivity index (χ1n) is 6.76. The van der Waals surface area contributed by atoms with Crippen molar-refractivity contribution in [3.63, 3.8) is 0 Å². The van der Waals surface area contributed by atoms with Crippen LogP contribution in [0.1, 0.15) is 22.7 Å². The van der Waals surface area contributed by atoms with Crippen LogP contribution in [0.4, 0.5) is 0 Å². The summed E-state index contributed by atoms with van der Waals surface area (Å²) >= 11 is 2.40. The minimum Gasteiger partial charge on any atom is -0.497 e. The highest BCUT2D eigenvalue weighted by atomic mass is 127. The van der Waals surface area contributed by atoms with E-state index in [4.69, 9.17) is 9.47 Å². The number of methoxy groups -OCH3 is 2. The SMILES string of the molecule is CNC(c1cc(OC)ccc1OC)c1cccc(C)c1I. The molecule has 1 unspecified atom stereocenters. The minimum absolute atomic E-state index is 0.0573. The molecule has 21 heavy (non-hydrogen) atoms. The van der Waals surface area contributed by atoms with Gasteiger partial charge in [0.15, 0.2) is 0 Å². The minimum atomic E-state index is 0.0573. The highest BCUT2D eigenvalue weighted by Gasteiger charge is 2.20. The molecule has 1 atom stereocenters. The molecule has 112 valence electrons. The van der Waals surface area contributed by atoms with Crippen molar-refractivity contribution in [2.24, 2.45) is 0 Å². The van der Waals surface area contributed by atoms with Gasteiger partial charge in [0.1, 0.15) is 11.5 Å². The Balaban J connectivity index is 2.57. The van der Waals surface area contributed by atoms with Gasteiger partial charge in [-0.1, -0.05) is 18.2 Å². The zero-order chi connectivity index (χ0) is 15.4. The van der Waals surface area contributed by atoms with E-state index >= 15 is 0 Å². The molecule has 0 amide bonds. The Hall–Kier alpha value is -1.27. The predicted molar refractivity (Wildman–Crippen MR) is 94.3 cm³/mol. The topological polar surface area (TPSA) is 30.5 Å². The molecule has 2 aromatic carbocycles. The van der Waals surface area contributed by atoms with Crippen molar-refractivity contribution in [2.45, 2.75) is 13.0 Å². The predicted octanol–water partition coefficient (Wildman–Crippen LogP) is 3.93. The summed E-state index contributed by atoms with van der Waals surface area (Å²) < 4.78 is 12.1. The Labute approximate surface area is 139 Å². The first-order valence-corrected chi connectivity index (χ1v) is 7.84. The number of hydrogen-bond donors (Lipinski definition) is 1. The second-order valence-electron chi connectivity index (χ2n) is 4.81. The number of ether oxygens (including phenoxy) is 2. The monoisotopic (exact) mass is 397 g/mol. The van der Waals surface area contributed by atoms with E-state index in [0.29, 0.717) is 0 Å². The van der Waals surface area contributed by atoms with E-state index in [-0.39, 0.29) is 6.04 Å². The number of nitrogens with one attached hydrogen (secondary N) is 1. The van der Waals surface area contributed by atoms with Crippen LogP contribution in [0.3, 0.4) is 0 Å². The van der Waals surface area contributed by atoms with Crippen LogP contribution in [0.15, 0.2) is 36.4 Å². The lowest BCUT2D eigenvalue weighted by Gasteiger charge is -2.22. The van der Waals surface area contributed by atoms with E-state index in [1.165, 1.54) is 14.7 Å². The molecule has 0 saturated carbocycles. The van der Waals surface area contributed by atoms with Crippen LogP contribution in [0.25, 0.3) is 0 Å². The van der Waals surface area contributed by atoms with E-state index < -0.39 is 0 Å². The van der Waals surface area contributed by atoms with Crippen LogP contribution in [0.5, 0.6) is 11.5 Å². The van der Waals surface area contributed by atoms with Gasteiger partial charge in [0, 0.05) is 9.13 Å². The molecular weight excluding hydrogens is 377 g/mol. The fraction of sp³-hybridized carbons (Fsp3) is 0.294. The van der Waals surface area contributed by atoms with E-state index in [1.54, 1.807) is 14.2 Å². The lowest BCUT2D eigenvalue weighted by atomic mass is 9.96. The summed E-state index contributed by atoms with van der Waals surface area (Å²) in [5.74, 6) is 1.68. The standard InChI is InChI=1S/C17H20INO2/c1-11-6-5-7-13(16(11)18)17(19-2)14-10-12(20-3)8-9-15(14)21-4/h5-10,17,19H,1-4H3. The van der Waals surface area contributed by atoms with Crippen LogP contribution in [-0.2, 0) is 0 Å². The molecule has 0 fully saturated rings. The number of halogens is 1. The Morgan fingerprint density at radius 3 is 2.43 bits per heavy atom. The van der Waals surface area contributed by atoms with E-state index in [1.807, 2.05) is 25.2 Å². The zero-order valence-electron chi connectivity index (χ0n) is 12.7. The highest BCUT2D eigenvalue weighted by Crippen LogP contribution is 2.35. The van der Waals surface area contributed by atoms with Crippen molar-refractivity contribution in [3.8, 4) is 11.5 Å². The van der Waals surface area contributed by atoms with Crippen molar-refractivity contribution in [2.75, 3.05) is 21.3 Å². The number of rotatable bonds is 5. The Kier molecular flexibility index (Phi) is 5.47. The fourth-order valence-electron chi connectivity index (χ4n) is 2.44. The van der Waals surface area contributed by atoms with Crippen LogP contribution in [0, 0.1) is 10.5 Å². The van der Waals surface area contributed by atoms with Gasteiger partial charge in [-0.25, -0.2) is 0 Å². The average Bonchev–Trinajstić information content (AvgIpc) is 2.52. The Bertz CT molecular complexity index is 628. The third kappa shape index (κ3) is 3.32. The van der Waals surface area contributed by atoms with Gasteiger partial charge >= 0.3 is 0 Å². The van der Waals surface area contributed by atoms with Gasteiger partial charge < -0.3 is 14.8 Å². The van der Waals surface area contributed by atoms with Gasteiger partial charge in [0.25, 0.3) is 0 Å². The zero-order valence-corrected chi connectivity index (χ0v) is 14.9. The van der Waals surface area contributed by atoms with Gasteiger partial charge in [-0.05, 0) is 65.9 Å². The van der Waals surface area contributed by atoms with Crippen molar-refractivity contribution < 1.29 is 9.47 Å². The first kappa shape index (κ1) is 16.1. The molecule has 0 aliphatic heterocycles. The summed E-state index contributed by atoms with van der Waals surface area (Å²) in [5.41, 5.74) is 3.59. The summed E-state index contributed by atoms with van der Waals surface area (Å²) in [6.45, 7) is 2.13. The molecule has 0 heterocycles. The van der Waals surface area contributed by atoms with E-state index in [9.17, 15) is 0 Å². The van der Waals surface area contributed by atoms with Crippen LogP contribution in [-0.4, -0.2) is 21.3 Å². The van der Waals surface area contributed by atoms with Crippen molar-refractivity contribution in [1.82, 2.24) is 5.32 Å². The van der Waals surface area contributed by atoms with E-state index in [2.05, 4.69) is 53.0 Å². The summed E-state index contributed by atoms with van der Waals surface area (Å²) in [4.78, 5) is 0. The first-order chi connectivity index (χ1) is 10.1. The normalized spacial score (nSPS) is 12.0. The molecule has 0 bridgehead atoms. The van der Waals surface area contributed by atoms with Gasteiger partial charge in [-0.3, -0.25) is 0 Å². The number of hydrogen-bond acceptors (Lipinski definition) is 3. The second kappa shape index (κ2) is 7.13. The fourth-order valence-corrected chi connectivity index (χ4v) is 3.11. The molecule has 0 aliphatic carbocycles. The summed E-state index contributed by atoms with van der Waals surface area (Å²) in [6, 6.07) is 12.3. The molecule has 3 nitrogen and oxygen atoms in total. The molecule has 0 spiro atoms. The van der Waals surface area contributed by atoms with Crippen LogP contribution < -0.4 is 14.8 Å². The number of benzene rings is 2. The Morgan fingerprint density at radius 1 is 1.05 bits per heavy atom. The molecule has 4 heteroatoms. The smallest absolute Gasteiger partial charge is 0.124 e. The third-order valence-corrected chi connectivity index (χ3v) is 5.04. The molecule has 2 aromatic rings. The molecule has 2 rings (SSSR count). The average molecular weight is 397 g/mol. The Morgan fingerprint density at radius 2 is 1.81 bits per heavy atom. The summed E-state index contributed by atoms with van der Waals surface area (Å²) in [7, 11) is 5.33. The quantitative estimate of drug-likeness (QED) is 0.776. The van der Waals surface area contributed by atoms with Crippen LogP contribution >= 0.6 is 22.6 Å². The molecular formula is C17H20INO2. The third-order valence-electron chi connectivity index (χ3n) is 3.57. The maximum absolute atomic E-state index is 5.52. The lowest BCUT2D eigenvalue weighted by Crippen LogP contribution is -2.20.